The highest BCUT2D eigenvalue weighted by Gasteiger charge is 2.24. The average molecular weight is 235 g/mol. The number of carbonyl (C=O) groups excluding carboxylic acids is 2. The number of rotatable bonds is 1. The highest BCUT2D eigenvalue weighted by molar-refractivity contribution is 5.99. The minimum Gasteiger partial charge on any atom is -0.487 e. The number of esters is 1. The summed E-state index contributed by atoms with van der Waals surface area (Å²) in [6, 6.07) is 4.97. The smallest absolute Gasteiger partial charge is 0.341 e. The quantitative estimate of drug-likeness (QED) is 0.750. The first-order chi connectivity index (χ1) is 8.11. The van der Waals surface area contributed by atoms with Crippen LogP contribution in [0.4, 0.5) is 5.69 Å². The van der Waals surface area contributed by atoms with Crippen LogP contribution in [0.3, 0.4) is 0 Å². The van der Waals surface area contributed by atoms with Crippen molar-refractivity contribution in [1.29, 1.82) is 0 Å². The van der Waals surface area contributed by atoms with E-state index in [2.05, 4.69) is 10.1 Å². The Labute approximate surface area is 98.7 Å². The Balaban J connectivity index is 2.49. The molecular weight excluding hydrogens is 222 g/mol. The molecule has 1 amide bonds. The Morgan fingerprint density at radius 2 is 2.29 bits per heavy atom. The fourth-order valence-corrected chi connectivity index (χ4v) is 1.74. The predicted octanol–water partition coefficient (Wildman–Crippen LogP) is 1.58. The van der Waals surface area contributed by atoms with Gasteiger partial charge in [0.25, 0.3) is 0 Å². The van der Waals surface area contributed by atoms with Crippen LogP contribution in [0.25, 0.3) is 0 Å². The number of methoxy groups -OCH3 is 1. The Kier molecular flexibility index (Phi) is 2.99. The molecule has 0 fully saturated rings. The molecule has 1 aromatic carbocycles. The number of para-hydroxylation sites is 1. The monoisotopic (exact) mass is 235 g/mol. The predicted molar refractivity (Wildman–Crippen MR) is 61.1 cm³/mol. The summed E-state index contributed by atoms with van der Waals surface area (Å²) in [7, 11) is 1.31. The number of ether oxygens (including phenoxy) is 2. The number of benzene rings is 1. The zero-order valence-electron chi connectivity index (χ0n) is 9.65. The van der Waals surface area contributed by atoms with Crippen LogP contribution in [-0.4, -0.2) is 25.1 Å². The Bertz CT molecular complexity index is 470. The van der Waals surface area contributed by atoms with E-state index >= 15 is 0 Å². The van der Waals surface area contributed by atoms with E-state index in [0.29, 0.717) is 17.0 Å². The minimum atomic E-state index is -0.481. The molecule has 1 aromatic rings. The summed E-state index contributed by atoms with van der Waals surface area (Å²) in [6.45, 7) is 1.78. The Morgan fingerprint density at radius 1 is 1.53 bits per heavy atom. The molecule has 0 bridgehead atoms. The summed E-state index contributed by atoms with van der Waals surface area (Å²) in [6.07, 6.45) is -0.0167. The second-order valence-electron chi connectivity index (χ2n) is 3.85. The van der Waals surface area contributed by atoms with Crippen LogP contribution in [0.2, 0.25) is 0 Å². The lowest BCUT2D eigenvalue weighted by molar-refractivity contribution is -0.117. The average Bonchev–Trinajstić information content (AvgIpc) is 2.43. The molecule has 1 aliphatic rings. The number of fused-ring (bicyclic) bond motifs is 1. The standard InChI is InChI=1S/C12H13NO4/c1-7-6-10(14)13-9-5-3-4-8(11(9)17-7)12(15)16-2/h3-5,7H,6H2,1-2H3,(H,13,14). The van der Waals surface area contributed by atoms with E-state index in [4.69, 9.17) is 4.74 Å². The largest absolute Gasteiger partial charge is 0.487 e. The van der Waals surface area contributed by atoms with Crippen molar-refractivity contribution in [1.82, 2.24) is 0 Å². The molecule has 0 aliphatic carbocycles. The van der Waals surface area contributed by atoms with E-state index in [1.807, 2.05) is 0 Å². The topological polar surface area (TPSA) is 64.6 Å². The van der Waals surface area contributed by atoms with Gasteiger partial charge in [0.1, 0.15) is 11.7 Å². The lowest BCUT2D eigenvalue weighted by atomic mass is 10.1. The highest BCUT2D eigenvalue weighted by Crippen LogP contribution is 2.33. The van der Waals surface area contributed by atoms with Gasteiger partial charge in [-0.25, -0.2) is 4.79 Å². The van der Waals surface area contributed by atoms with Gasteiger partial charge in [-0.15, -0.1) is 0 Å². The molecule has 0 spiro atoms. The van der Waals surface area contributed by atoms with E-state index in [9.17, 15) is 9.59 Å². The van der Waals surface area contributed by atoms with Gasteiger partial charge in [-0.3, -0.25) is 4.79 Å². The van der Waals surface area contributed by atoms with Crippen LogP contribution in [0.15, 0.2) is 18.2 Å². The normalized spacial score (nSPS) is 18.5. The van der Waals surface area contributed by atoms with E-state index in [0.717, 1.165) is 0 Å². The lowest BCUT2D eigenvalue weighted by Crippen LogP contribution is -2.17. The third-order valence-corrected chi connectivity index (χ3v) is 2.49. The third-order valence-electron chi connectivity index (χ3n) is 2.49. The fraction of sp³-hybridized carbons (Fsp3) is 0.333. The molecule has 1 unspecified atom stereocenters. The molecular formula is C12H13NO4. The highest BCUT2D eigenvalue weighted by atomic mass is 16.5. The van der Waals surface area contributed by atoms with E-state index < -0.39 is 5.97 Å². The van der Waals surface area contributed by atoms with E-state index in [1.165, 1.54) is 7.11 Å². The van der Waals surface area contributed by atoms with Crippen molar-refractivity contribution in [2.75, 3.05) is 12.4 Å². The van der Waals surface area contributed by atoms with Gasteiger partial charge in [0.2, 0.25) is 5.91 Å². The molecule has 0 aromatic heterocycles. The first kappa shape index (κ1) is 11.4. The first-order valence-electron chi connectivity index (χ1n) is 5.29. The molecule has 1 N–H and O–H groups in total. The number of carbonyl (C=O) groups is 2. The van der Waals surface area contributed by atoms with Gasteiger partial charge in [-0.2, -0.15) is 0 Å². The molecule has 5 heteroatoms. The molecule has 2 rings (SSSR count). The van der Waals surface area contributed by atoms with E-state index in [1.54, 1.807) is 25.1 Å². The summed E-state index contributed by atoms with van der Waals surface area (Å²) in [5.41, 5.74) is 0.821. The van der Waals surface area contributed by atoms with Gasteiger partial charge in [-0.05, 0) is 19.1 Å². The summed E-state index contributed by atoms with van der Waals surface area (Å²) in [5, 5.41) is 2.70. The summed E-state index contributed by atoms with van der Waals surface area (Å²) in [5.74, 6) is -0.235. The first-order valence-corrected chi connectivity index (χ1v) is 5.29. The van der Waals surface area contributed by atoms with Crippen LogP contribution < -0.4 is 10.1 Å². The fourth-order valence-electron chi connectivity index (χ4n) is 1.74. The lowest BCUT2D eigenvalue weighted by Gasteiger charge is -2.14. The molecule has 1 aliphatic heterocycles. The number of anilines is 1. The maximum Gasteiger partial charge on any atom is 0.341 e. The summed E-state index contributed by atoms with van der Waals surface area (Å²) in [4.78, 5) is 23.1. The Hall–Kier alpha value is -2.04. The second-order valence-corrected chi connectivity index (χ2v) is 3.85. The maximum absolute atomic E-state index is 11.6. The zero-order chi connectivity index (χ0) is 12.4. The summed E-state index contributed by atoms with van der Waals surface area (Å²) < 4.78 is 10.3. The van der Waals surface area contributed by atoms with Crippen molar-refractivity contribution >= 4 is 17.6 Å². The number of nitrogens with one attached hydrogen (secondary N) is 1. The van der Waals surface area contributed by atoms with Crippen LogP contribution in [0, 0.1) is 0 Å². The van der Waals surface area contributed by atoms with Crippen molar-refractivity contribution in [3.05, 3.63) is 23.8 Å². The Morgan fingerprint density at radius 3 is 3.00 bits per heavy atom. The zero-order valence-corrected chi connectivity index (χ0v) is 9.65. The van der Waals surface area contributed by atoms with Crippen molar-refractivity contribution < 1.29 is 19.1 Å². The van der Waals surface area contributed by atoms with Gasteiger partial charge < -0.3 is 14.8 Å². The maximum atomic E-state index is 11.6. The van der Waals surface area contributed by atoms with Crippen molar-refractivity contribution in [2.45, 2.75) is 19.4 Å². The van der Waals surface area contributed by atoms with Crippen LogP contribution in [0.5, 0.6) is 5.75 Å². The van der Waals surface area contributed by atoms with Crippen molar-refractivity contribution in [3.63, 3.8) is 0 Å². The minimum absolute atomic E-state index is 0.127. The van der Waals surface area contributed by atoms with Gasteiger partial charge in [-0.1, -0.05) is 6.07 Å². The van der Waals surface area contributed by atoms with E-state index in [-0.39, 0.29) is 18.4 Å². The molecule has 1 heterocycles. The van der Waals surface area contributed by atoms with Crippen LogP contribution >= 0.6 is 0 Å². The van der Waals surface area contributed by atoms with Crippen molar-refractivity contribution in [2.24, 2.45) is 0 Å². The SMILES string of the molecule is COC(=O)c1cccc2c1OC(C)CC(=O)N2. The molecule has 90 valence electrons. The third kappa shape index (κ3) is 2.22. The van der Waals surface area contributed by atoms with Gasteiger partial charge in [0.05, 0.1) is 19.2 Å². The molecule has 0 saturated carbocycles. The van der Waals surface area contributed by atoms with Gasteiger partial charge in [0.15, 0.2) is 5.75 Å². The molecule has 5 nitrogen and oxygen atoms in total. The number of amides is 1. The summed E-state index contributed by atoms with van der Waals surface area (Å²) >= 11 is 0. The molecule has 1 atom stereocenters. The van der Waals surface area contributed by atoms with Crippen molar-refractivity contribution in [3.8, 4) is 5.75 Å². The van der Waals surface area contributed by atoms with Gasteiger partial charge >= 0.3 is 5.97 Å². The van der Waals surface area contributed by atoms with Crippen LogP contribution in [-0.2, 0) is 9.53 Å². The van der Waals surface area contributed by atoms with Gasteiger partial charge in [0, 0.05) is 0 Å². The molecule has 0 saturated heterocycles. The van der Waals surface area contributed by atoms with Crippen LogP contribution in [0.1, 0.15) is 23.7 Å². The number of hydrogen-bond donors (Lipinski definition) is 1. The number of hydrogen-bond acceptors (Lipinski definition) is 4. The molecule has 17 heavy (non-hydrogen) atoms. The second kappa shape index (κ2) is 4.45. The molecule has 0 radical (unpaired) electrons.